The molecule has 1 aromatic heterocycles. The highest BCUT2D eigenvalue weighted by atomic mass is 35.5. The predicted octanol–water partition coefficient (Wildman–Crippen LogP) is 5.48. The van der Waals surface area contributed by atoms with Crippen LogP contribution in [0.25, 0.3) is 11.1 Å². The molecule has 3 rings (SSSR count). The smallest absolute Gasteiger partial charge is 0.339 e. The second kappa shape index (κ2) is 8.33. The molecule has 3 aromatic rings. The van der Waals surface area contributed by atoms with Crippen LogP contribution in [-0.4, -0.2) is 17.0 Å². The Morgan fingerprint density at radius 3 is 2.48 bits per heavy atom. The third-order valence-corrected chi connectivity index (χ3v) is 5.14. The van der Waals surface area contributed by atoms with Gasteiger partial charge in [-0.1, -0.05) is 41.9 Å². The molecule has 1 heterocycles. The fourth-order valence-corrected chi connectivity index (χ4v) is 3.75. The van der Waals surface area contributed by atoms with E-state index in [1.807, 2.05) is 0 Å². The largest absolute Gasteiger partial charge is 0.478 e. The zero-order valence-corrected chi connectivity index (χ0v) is 15.6. The lowest BCUT2D eigenvalue weighted by atomic mass is 10.0. The maximum Gasteiger partial charge on any atom is 0.339 e. The highest BCUT2D eigenvalue weighted by Crippen LogP contribution is 2.36. The first-order chi connectivity index (χ1) is 13.0. The van der Waals surface area contributed by atoms with Crippen LogP contribution in [0.1, 0.15) is 22.3 Å². The number of rotatable bonds is 6. The van der Waals surface area contributed by atoms with E-state index in [2.05, 4.69) is 5.32 Å². The molecular formula is C20H15ClFNO3S. The van der Waals surface area contributed by atoms with E-state index < -0.39 is 5.97 Å². The Bertz CT molecular complexity index is 985. The summed E-state index contributed by atoms with van der Waals surface area (Å²) in [6.07, 6.45) is 0.282. The van der Waals surface area contributed by atoms with Crippen molar-refractivity contribution in [3.8, 4) is 11.1 Å². The minimum Gasteiger partial charge on any atom is -0.478 e. The molecule has 138 valence electrons. The van der Waals surface area contributed by atoms with Crippen molar-refractivity contribution < 1.29 is 19.1 Å². The first-order valence-electron chi connectivity index (χ1n) is 8.09. The van der Waals surface area contributed by atoms with E-state index >= 15 is 0 Å². The Morgan fingerprint density at radius 1 is 1.11 bits per heavy atom. The molecule has 4 nitrogen and oxygen atoms in total. The molecule has 0 saturated carbocycles. The zero-order valence-electron chi connectivity index (χ0n) is 14.0. The number of carbonyl (C=O) groups excluding carboxylic acids is 1. The summed E-state index contributed by atoms with van der Waals surface area (Å²) in [5.41, 5.74) is 1.68. The second-order valence-electron chi connectivity index (χ2n) is 5.81. The van der Waals surface area contributed by atoms with E-state index in [9.17, 15) is 19.1 Å². The SMILES string of the molecule is O=C(CCc1ccccc1F)Nc1scc(-c2ccc(Cl)cc2)c1C(=O)O. The maximum absolute atomic E-state index is 13.6. The molecule has 1 amide bonds. The van der Waals surface area contributed by atoms with Crippen LogP contribution in [0.2, 0.25) is 5.02 Å². The van der Waals surface area contributed by atoms with Gasteiger partial charge in [-0.2, -0.15) is 0 Å². The first-order valence-corrected chi connectivity index (χ1v) is 9.35. The fraction of sp³-hybridized carbons (Fsp3) is 0.100. The van der Waals surface area contributed by atoms with Gasteiger partial charge < -0.3 is 10.4 Å². The molecule has 27 heavy (non-hydrogen) atoms. The Morgan fingerprint density at radius 2 is 1.81 bits per heavy atom. The Hall–Kier alpha value is -2.70. The van der Waals surface area contributed by atoms with Crippen LogP contribution in [0.15, 0.2) is 53.9 Å². The number of aryl methyl sites for hydroxylation is 1. The van der Waals surface area contributed by atoms with Crippen molar-refractivity contribution in [3.05, 3.63) is 75.9 Å². The molecule has 0 atom stereocenters. The van der Waals surface area contributed by atoms with Crippen molar-refractivity contribution in [3.63, 3.8) is 0 Å². The van der Waals surface area contributed by atoms with Crippen LogP contribution in [-0.2, 0) is 11.2 Å². The highest BCUT2D eigenvalue weighted by molar-refractivity contribution is 7.15. The molecule has 0 aliphatic heterocycles. The normalized spacial score (nSPS) is 10.6. The number of carboxylic acid groups (broad SMARTS) is 1. The lowest BCUT2D eigenvalue weighted by Gasteiger charge is -2.07. The lowest BCUT2D eigenvalue weighted by Crippen LogP contribution is -2.14. The molecule has 0 fully saturated rings. The molecule has 0 bridgehead atoms. The minimum absolute atomic E-state index is 0.0292. The number of hydrogen-bond acceptors (Lipinski definition) is 3. The fourth-order valence-electron chi connectivity index (χ4n) is 2.64. The number of carbonyl (C=O) groups is 2. The third-order valence-electron chi connectivity index (χ3n) is 3.99. The number of halogens is 2. The third kappa shape index (κ3) is 4.53. The highest BCUT2D eigenvalue weighted by Gasteiger charge is 2.21. The van der Waals surface area contributed by atoms with Gasteiger partial charge in [-0.15, -0.1) is 11.3 Å². The number of carboxylic acids is 1. The molecule has 0 unspecified atom stereocenters. The number of benzene rings is 2. The number of amides is 1. The summed E-state index contributed by atoms with van der Waals surface area (Å²) in [7, 11) is 0. The van der Waals surface area contributed by atoms with Gasteiger partial charge in [-0.3, -0.25) is 4.79 Å². The van der Waals surface area contributed by atoms with Crippen LogP contribution in [0.5, 0.6) is 0 Å². The van der Waals surface area contributed by atoms with Crippen LogP contribution in [0, 0.1) is 5.82 Å². The van der Waals surface area contributed by atoms with Gasteiger partial charge in [0.05, 0.1) is 0 Å². The van der Waals surface area contributed by atoms with Gasteiger partial charge in [0, 0.05) is 22.4 Å². The number of thiophene rings is 1. The van der Waals surface area contributed by atoms with Crippen LogP contribution in [0.3, 0.4) is 0 Å². The number of nitrogens with one attached hydrogen (secondary N) is 1. The van der Waals surface area contributed by atoms with E-state index in [0.717, 1.165) is 11.3 Å². The molecule has 0 aliphatic carbocycles. The van der Waals surface area contributed by atoms with Crippen molar-refractivity contribution in [2.75, 3.05) is 5.32 Å². The van der Waals surface area contributed by atoms with Crippen molar-refractivity contribution in [2.45, 2.75) is 12.8 Å². The molecular weight excluding hydrogens is 389 g/mol. The molecule has 0 radical (unpaired) electrons. The standard InChI is InChI=1S/C20H15ClFNO3S/c21-14-8-5-12(6-9-14)15-11-27-19(18(15)20(25)26)23-17(24)10-7-13-3-1-2-4-16(13)22/h1-6,8-9,11H,7,10H2,(H,23,24)(H,25,26). The molecule has 0 aliphatic rings. The quantitative estimate of drug-likeness (QED) is 0.573. The van der Waals surface area contributed by atoms with Gasteiger partial charge in [0.15, 0.2) is 0 Å². The monoisotopic (exact) mass is 403 g/mol. The summed E-state index contributed by atoms with van der Waals surface area (Å²) >= 11 is 7.01. The molecule has 2 N–H and O–H groups in total. The average molecular weight is 404 g/mol. The van der Waals surface area contributed by atoms with Crippen molar-refractivity contribution in [1.82, 2.24) is 0 Å². The predicted molar refractivity (Wildman–Crippen MR) is 105 cm³/mol. The average Bonchev–Trinajstić information content (AvgIpc) is 3.05. The summed E-state index contributed by atoms with van der Waals surface area (Å²) in [6.45, 7) is 0. The summed E-state index contributed by atoms with van der Waals surface area (Å²) in [6, 6.07) is 13.0. The number of hydrogen-bond donors (Lipinski definition) is 2. The summed E-state index contributed by atoms with van der Waals surface area (Å²) in [5, 5.41) is 14.7. The van der Waals surface area contributed by atoms with Gasteiger partial charge in [0.25, 0.3) is 0 Å². The van der Waals surface area contributed by atoms with Gasteiger partial charge in [0.1, 0.15) is 16.4 Å². The lowest BCUT2D eigenvalue weighted by molar-refractivity contribution is -0.116. The molecule has 0 saturated heterocycles. The van der Waals surface area contributed by atoms with Crippen molar-refractivity contribution in [2.24, 2.45) is 0 Å². The number of anilines is 1. The Balaban J connectivity index is 1.76. The molecule has 7 heteroatoms. The Kier molecular flexibility index (Phi) is 5.88. The molecule has 2 aromatic carbocycles. The maximum atomic E-state index is 13.6. The number of aromatic carboxylic acids is 1. The van der Waals surface area contributed by atoms with E-state index in [1.165, 1.54) is 6.07 Å². The second-order valence-corrected chi connectivity index (χ2v) is 7.12. The van der Waals surface area contributed by atoms with E-state index in [4.69, 9.17) is 11.6 Å². The Labute approximate surface area is 164 Å². The van der Waals surface area contributed by atoms with Crippen molar-refractivity contribution >= 4 is 39.8 Å². The minimum atomic E-state index is -1.13. The van der Waals surface area contributed by atoms with Crippen LogP contribution < -0.4 is 5.32 Å². The van der Waals surface area contributed by atoms with E-state index in [0.29, 0.717) is 21.7 Å². The first kappa shape index (κ1) is 19.1. The van der Waals surface area contributed by atoms with Gasteiger partial charge in [-0.05, 0) is 35.7 Å². The van der Waals surface area contributed by atoms with Crippen LogP contribution in [0.4, 0.5) is 9.39 Å². The summed E-state index contributed by atoms with van der Waals surface area (Å²) < 4.78 is 13.6. The van der Waals surface area contributed by atoms with E-state index in [1.54, 1.807) is 47.8 Å². The van der Waals surface area contributed by atoms with Crippen LogP contribution >= 0.6 is 22.9 Å². The summed E-state index contributed by atoms with van der Waals surface area (Å²) in [5.74, 6) is -1.87. The van der Waals surface area contributed by atoms with E-state index in [-0.39, 0.29) is 35.1 Å². The van der Waals surface area contributed by atoms with Gasteiger partial charge in [-0.25, -0.2) is 9.18 Å². The van der Waals surface area contributed by atoms with Gasteiger partial charge >= 0.3 is 5.97 Å². The molecule has 0 spiro atoms. The van der Waals surface area contributed by atoms with Gasteiger partial charge in [0.2, 0.25) is 5.91 Å². The summed E-state index contributed by atoms with van der Waals surface area (Å²) in [4.78, 5) is 24.0. The topological polar surface area (TPSA) is 66.4 Å². The zero-order chi connectivity index (χ0) is 19.4. The van der Waals surface area contributed by atoms with Crippen molar-refractivity contribution in [1.29, 1.82) is 0 Å².